The van der Waals surface area contributed by atoms with Gasteiger partial charge in [0, 0.05) is 12.8 Å². The van der Waals surface area contributed by atoms with Gasteiger partial charge in [0.05, 0.1) is 11.8 Å². The molecule has 0 fully saturated rings. The van der Waals surface area contributed by atoms with Gasteiger partial charge in [0.15, 0.2) is 0 Å². The molecule has 2 rings (SSSR count). The van der Waals surface area contributed by atoms with Crippen molar-refractivity contribution >= 4 is 28.2 Å². The van der Waals surface area contributed by atoms with Gasteiger partial charge >= 0.3 is 0 Å². The normalized spacial score (nSPS) is 11.9. The molecule has 0 spiro atoms. The quantitative estimate of drug-likeness (QED) is 0.606. The highest BCUT2D eigenvalue weighted by Crippen LogP contribution is 2.15. The Hall–Kier alpha value is -2.09. The minimum Gasteiger partial charge on any atom is -0.489 e. The van der Waals surface area contributed by atoms with Crippen LogP contribution in [0, 0.1) is 0 Å². The maximum absolute atomic E-state index is 11.9. The minimum atomic E-state index is -3.12. The molecule has 8 heteroatoms. The van der Waals surface area contributed by atoms with Crippen molar-refractivity contribution in [2.75, 3.05) is 18.6 Å². The zero-order valence-electron chi connectivity index (χ0n) is 15.8. The molecule has 0 aliphatic rings. The van der Waals surface area contributed by atoms with Gasteiger partial charge in [0.1, 0.15) is 22.2 Å². The maximum Gasteiger partial charge on any atom is 0.236 e. The number of nitrogens with one attached hydrogen (secondary N) is 1. The monoisotopic (exact) mass is 426 g/mol. The van der Waals surface area contributed by atoms with E-state index in [2.05, 4.69) is 5.32 Å². The number of ether oxygens (including phenoxy) is 1. The molecule has 0 heterocycles. The van der Waals surface area contributed by atoms with E-state index in [4.69, 9.17) is 10.5 Å². The van der Waals surface area contributed by atoms with Crippen LogP contribution >= 0.6 is 12.4 Å². The summed E-state index contributed by atoms with van der Waals surface area (Å²) in [5.41, 5.74) is 7.85. The lowest BCUT2D eigenvalue weighted by atomic mass is 10.1. The van der Waals surface area contributed by atoms with Crippen LogP contribution in [0.4, 0.5) is 0 Å². The third-order valence-electron chi connectivity index (χ3n) is 4.00. The largest absolute Gasteiger partial charge is 0.489 e. The standard InChI is InChI=1S/C20H26N2O4S.ClH/c1-27(24,25)13-11-19(21)20(23)22-12-10-16-8-5-9-18(14-16)26-15-17-6-3-2-4-7-17;/h2-9,14,19H,10-13,15,21H2,1H3,(H,22,23);1H. The van der Waals surface area contributed by atoms with E-state index in [-0.39, 0.29) is 30.5 Å². The summed E-state index contributed by atoms with van der Waals surface area (Å²) >= 11 is 0. The Balaban J connectivity index is 0.00000392. The average Bonchev–Trinajstić information content (AvgIpc) is 2.65. The summed E-state index contributed by atoms with van der Waals surface area (Å²) in [6, 6.07) is 16.8. The molecular weight excluding hydrogens is 400 g/mol. The van der Waals surface area contributed by atoms with E-state index in [0.29, 0.717) is 19.6 Å². The fraction of sp³-hybridized carbons (Fsp3) is 0.350. The van der Waals surface area contributed by atoms with E-state index < -0.39 is 15.9 Å². The summed E-state index contributed by atoms with van der Waals surface area (Å²) in [5.74, 6) is 0.338. The van der Waals surface area contributed by atoms with Crippen LogP contribution in [0.3, 0.4) is 0 Å². The lowest BCUT2D eigenvalue weighted by molar-refractivity contribution is -0.122. The third-order valence-corrected chi connectivity index (χ3v) is 4.97. The smallest absolute Gasteiger partial charge is 0.236 e. The highest BCUT2D eigenvalue weighted by molar-refractivity contribution is 7.90. The van der Waals surface area contributed by atoms with Crippen molar-refractivity contribution in [1.82, 2.24) is 5.32 Å². The van der Waals surface area contributed by atoms with E-state index in [1.807, 2.05) is 54.6 Å². The first-order valence-electron chi connectivity index (χ1n) is 8.80. The van der Waals surface area contributed by atoms with E-state index >= 15 is 0 Å². The number of rotatable bonds is 10. The van der Waals surface area contributed by atoms with Gasteiger partial charge in [-0.15, -0.1) is 12.4 Å². The van der Waals surface area contributed by atoms with Crippen molar-refractivity contribution in [1.29, 1.82) is 0 Å². The predicted molar refractivity (Wildman–Crippen MR) is 113 cm³/mol. The second kappa shape index (κ2) is 11.7. The van der Waals surface area contributed by atoms with Crippen molar-refractivity contribution in [2.24, 2.45) is 5.73 Å². The number of benzene rings is 2. The summed E-state index contributed by atoms with van der Waals surface area (Å²) in [4.78, 5) is 11.9. The van der Waals surface area contributed by atoms with Gasteiger partial charge in [-0.1, -0.05) is 42.5 Å². The molecule has 28 heavy (non-hydrogen) atoms. The zero-order chi connectivity index (χ0) is 19.7. The lowest BCUT2D eigenvalue weighted by Gasteiger charge is -2.12. The van der Waals surface area contributed by atoms with Gasteiger partial charge in [-0.25, -0.2) is 8.42 Å². The molecule has 2 aromatic carbocycles. The molecule has 2 aromatic rings. The van der Waals surface area contributed by atoms with Crippen LogP contribution in [0.2, 0.25) is 0 Å². The number of amides is 1. The summed E-state index contributed by atoms with van der Waals surface area (Å²) < 4.78 is 28.1. The summed E-state index contributed by atoms with van der Waals surface area (Å²) in [6.45, 7) is 0.920. The number of nitrogens with two attached hydrogens (primary N) is 1. The van der Waals surface area contributed by atoms with Crippen LogP contribution in [0.25, 0.3) is 0 Å². The molecule has 6 nitrogen and oxygen atoms in total. The Morgan fingerprint density at radius 1 is 1.11 bits per heavy atom. The molecule has 0 saturated heterocycles. The molecule has 0 saturated carbocycles. The molecule has 1 atom stereocenters. The van der Waals surface area contributed by atoms with E-state index in [9.17, 15) is 13.2 Å². The Morgan fingerprint density at radius 3 is 2.46 bits per heavy atom. The number of sulfone groups is 1. The zero-order valence-corrected chi connectivity index (χ0v) is 17.5. The SMILES string of the molecule is CS(=O)(=O)CCC(N)C(=O)NCCc1cccc(OCc2ccccc2)c1.Cl. The highest BCUT2D eigenvalue weighted by atomic mass is 35.5. The van der Waals surface area contributed by atoms with E-state index in [1.165, 1.54) is 0 Å². The second-order valence-electron chi connectivity index (χ2n) is 6.49. The molecule has 0 aliphatic heterocycles. The van der Waals surface area contributed by atoms with Crippen LogP contribution in [0.5, 0.6) is 5.75 Å². The summed E-state index contributed by atoms with van der Waals surface area (Å²) in [7, 11) is -3.12. The number of carbonyl (C=O) groups excluding carboxylic acids is 1. The number of hydrogen-bond acceptors (Lipinski definition) is 5. The maximum atomic E-state index is 11.9. The van der Waals surface area contributed by atoms with Crippen LogP contribution in [-0.2, 0) is 27.7 Å². The van der Waals surface area contributed by atoms with Crippen molar-refractivity contribution in [3.05, 3.63) is 65.7 Å². The lowest BCUT2D eigenvalue weighted by Crippen LogP contribution is -2.42. The van der Waals surface area contributed by atoms with E-state index in [1.54, 1.807) is 0 Å². The average molecular weight is 427 g/mol. The van der Waals surface area contributed by atoms with Gasteiger partial charge in [0.25, 0.3) is 0 Å². The van der Waals surface area contributed by atoms with Gasteiger partial charge in [-0.3, -0.25) is 4.79 Å². The van der Waals surface area contributed by atoms with Crippen molar-refractivity contribution in [3.63, 3.8) is 0 Å². The topological polar surface area (TPSA) is 98.5 Å². The fourth-order valence-electron chi connectivity index (χ4n) is 2.46. The first kappa shape index (κ1) is 23.9. The Kier molecular flexibility index (Phi) is 9.99. The molecule has 1 amide bonds. The third kappa shape index (κ3) is 9.21. The van der Waals surface area contributed by atoms with Crippen molar-refractivity contribution in [3.8, 4) is 5.75 Å². The molecule has 3 N–H and O–H groups in total. The summed E-state index contributed by atoms with van der Waals surface area (Å²) in [6.07, 6.45) is 1.88. The second-order valence-corrected chi connectivity index (χ2v) is 8.75. The molecule has 154 valence electrons. The fourth-order valence-corrected chi connectivity index (χ4v) is 3.15. The summed E-state index contributed by atoms with van der Waals surface area (Å²) in [5, 5.41) is 2.74. The van der Waals surface area contributed by atoms with Crippen molar-refractivity contribution < 1.29 is 17.9 Å². The Labute approximate surface area is 172 Å². The molecule has 0 aromatic heterocycles. The van der Waals surface area contributed by atoms with Gasteiger partial charge in [-0.05, 0) is 36.1 Å². The van der Waals surface area contributed by atoms with Crippen LogP contribution < -0.4 is 15.8 Å². The number of halogens is 1. The van der Waals surface area contributed by atoms with Gasteiger partial charge in [-0.2, -0.15) is 0 Å². The van der Waals surface area contributed by atoms with Gasteiger partial charge < -0.3 is 15.8 Å². The number of hydrogen-bond donors (Lipinski definition) is 2. The molecule has 0 radical (unpaired) electrons. The molecule has 0 bridgehead atoms. The minimum absolute atomic E-state index is 0. The van der Waals surface area contributed by atoms with Crippen LogP contribution in [-0.4, -0.2) is 38.9 Å². The predicted octanol–water partition coefficient (Wildman–Crippen LogP) is 2.11. The highest BCUT2D eigenvalue weighted by Gasteiger charge is 2.15. The molecule has 0 aliphatic carbocycles. The first-order chi connectivity index (χ1) is 12.8. The van der Waals surface area contributed by atoms with Crippen LogP contribution in [0.1, 0.15) is 17.5 Å². The van der Waals surface area contributed by atoms with Crippen molar-refractivity contribution in [2.45, 2.75) is 25.5 Å². The van der Waals surface area contributed by atoms with Crippen LogP contribution in [0.15, 0.2) is 54.6 Å². The van der Waals surface area contributed by atoms with E-state index in [0.717, 1.165) is 23.1 Å². The molecule has 1 unspecified atom stereocenters. The van der Waals surface area contributed by atoms with Gasteiger partial charge in [0.2, 0.25) is 5.91 Å². The Bertz CT molecular complexity index is 844. The first-order valence-corrected chi connectivity index (χ1v) is 10.9. The number of carbonyl (C=O) groups is 1. The Morgan fingerprint density at radius 2 is 1.79 bits per heavy atom. The molecular formula is C20H27ClN2O4S.